The molecule has 0 saturated carbocycles. The largest absolute Gasteiger partial charge is 0.357 e. The molecule has 3 aromatic rings. The average molecular weight is 532 g/mol. The zero-order valence-electron chi connectivity index (χ0n) is 19.9. The standard InChI is InChI=1S/C26H27ClFN3O4S/c1-3-23(26(33)29-2)30(17-19-11-7-8-14-21(19)27)25(32)18-31(24-16-10-9-15-22(24)28)36(34,35)20-12-5-4-6-13-20/h4-16,23H,3,17-18H2,1-2H3,(H,29,33)/t23-/m1/s1. The molecule has 0 heterocycles. The highest BCUT2D eigenvalue weighted by Crippen LogP contribution is 2.27. The maximum Gasteiger partial charge on any atom is 0.264 e. The summed E-state index contributed by atoms with van der Waals surface area (Å²) in [6.07, 6.45) is 0.265. The first-order valence-corrected chi connectivity index (χ1v) is 13.1. The molecule has 0 spiro atoms. The molecule has 7 nitrogen and oxygen atoms in total. The van der Waals surface area contributed by atoms with Crippen molar-refractivity contribution in [2.24, 2.45) is 0 Å². The molecule has 2 amide bonds. The van der Waals surface area contributed by atoms with Gasteiger partial charge in [-0.25, -0.2) is 12.8 Å². The van der Waals surface area contributed by atoms with Crippen LogP contribution in [0.15, 0.2) is 83.8 Å². The van der Waals surface area contributed by atoms with Crippen LogP contribution >= 0.6 is 11.6 Å². The highest BCUT2D eigenvalue weighted by atomic mass is 35.5. The number of amides is 2. The van der Waals surface area contributed by atoms with E-state index < -0.39 is 40.2 Å². The molecule has 0 unspecified atom stereocenters. The van der Waals surface area contributed by atoms with Crippen molar-refractivity contribution in [1.82, 2.24) is 10.2 Å². The van der Waals surface area contributed by atoms with Crippen LogP contribution in [-0.2, 0) is 26.2 Å². The average Bonchev–Trinajstić information content (AvgIpc) is 2.88. The summed E-state index contributed by atoms with van der Waals surface area (Å²) in [5, 5.41) is 2.94. The van der Waals surface area contributed by atoms with Crippen molar-refractivity contribution >= 4 is 39.1 Å². The van der Waals surface area contributed by atoms with E-state index in [1.54, 1.807) is 37.3 Å². The molecule has 1 atom stereocenters. The number of halogens is 2. The lowest BCUT2D eigenvalue weighted by molar-refractivity contribution is -0.140. The number of benzene rings is 3. The third kappa shape index (κ3) is 6.03. The van der Waals surface area contributed by atoms with Gasteiger partial charge in [0.15, 0.2) is 0 Å². The smallest absolute Gasteiger partial charge is 0.264 e. The lowest BCUT2D eigenvalue weighted by Gasteiger charge is -2.33. The summed E-state index contributed by atoms with van der Waals surface area (Å²) in [5.74, 6) is -1.91. The second-order valence-electron chi connectivity index (χ2n) is 7.93. The minimum atomic E-state index is -4.33. The minimum absolute atomic E-state index is 0.0407. The molecule has 0 aliphatic carbocycles. The van der Waals surface area contributed by atoms with Gasteiger partial charge in [0.2, 0.25) is 11.8 Å². The van der Waals surface area contributed by atoms with Gasteiger partial charge >= 0.3 is 0 Å². The Morgan fingerprint density at radius 3 is 2.19 bits per heavy atom. The number of hydrogen-bond donors (Lipinski definition) is 1. The number of likely N-dealkylation sites (N-methyl/N-ethyl adjacent to an activating group) is 1. The monoisotopic (exact) mass is 531 g/mol. The predicted octanol–water partition coefficient (Wildman–Crippen LogP) is 4.23. The molecular weight excluding hydrogens is 505 g/mol. The summed E-state index contributed by atoms with van der Waals surface area (Å²) < 4.78 is 42.7. The zero-order valence-corrected chi connectivity index (χ0v) is 21.5. The summed E-state index contributed by atoms with van der Waals surface area (Å²) in [6, 6.07) is 18.7. The predicted molar refractivity (Wildman–Crippen MR) is 138 cm³/mol. The van der Waals surface area contributed by atoms with Gasteiger partial charge in [-0.15, -0.1) is 0 Å². The first-order chi connectivity index (χ1) is 17.2. The molecule has 3 aromatic carbocycles. The zero-order chi connectivity index (χ0) is 26.3. The maximum atomic E-state index is 14.8. The van der Waals surface area contributed by atoms with Crippen molar-refractivity contribution in [3.63, 3.8) is 0 Å². The van der Waals surface area contributed by atoms with E-state index in [4.69, 9.17) is 11.6 Å². The molecule has 0 saturated heterocycles. The third-order valence-corrected chi connectivity index (χ3v) is 7.80. The molecular formula is C26H27ClFN3O4S. The van der Waals surface area contributed by atoms with Gasteiger partial charge in [0.25, 0.3) is 10.0 Å². The summed E-state index contributed by atoms with van der Waals surface area (Å²) in [6.45, 7) is 0.971. The second-order valence-corrected chi connectivity index (χ2v) is 10.2. The number of carbonyl (C=O) groups excluding carboxylic acids is 2. The molecule has 190 valence electrons. The minimum Gasteiger partial charge on any atom is -0.357 e. The van der Waals surface area contributed by atoms with Crippen LogP contribution in [0, 0.1) is 5.82 Å². The van der Waals surface area contributed by atoms with Crippen molar-refractivity contribution in [1.29, 1.82) is 0 Å². The van der Waals surface area contributed by atoms with E-state index in [1.165, 1.54) is 54.4 Å². The molecule has 1 N–H and O–H groups in total. The van der Waals surface area contributed by atoms with E-state index in [-0.39, 0.29) is 23.5 Å². The lowest BCUT2D eigenvalue weighted by Crippen LogP contribution is -2.51. The molecule has 3 rings (SSSR count). The quantitative estimate of drug-likeness (QED) is 0.424. The first kappa shape index (κ1) is 27.2. The van der Waals surface area contributed by atoms with Crippen molar-refractivity contribution < 1.29 is 22.4 Å². The number of sulfonamides is 1. The van der Waals surface area contributed by atoms with Gasteiger partial charge in [-0.05, 0) is 42.3 Å². The maximum absolute atomic E-state index is 14.8. The molecule has 0 aliphatic heterocycles. The fourth-order valence-electron chi connectivity index (χ4n) is 3.78. The van der Waals surface area contributed by atoms with Gasteiger partial charge in [0.05, 0.1) is 10.6 Å². The highest BCUT2D eigenvalue weighted by molar-refractivity contribution is 7.92. The molecule has 10 heteroatoms. The van der Waals surface area contributed by atoms with E-state index in [9.17, 15) is 22.4 Å². The first-order valence-electron chi connectivity index (χ1n) is 11.3. The summed E-state index contributed by atoms with van der Waals surface area (Å²) in [5.41, 5.74) is 0.304. The highest BCUT2D eigenvalue weighted by Gasteiger charge is 2.34. The Bertz CT molecular complexity index is 1320. The van der Waals surface area contributed by atoms with Crippen LogP contribution < -0.4 is 9.62 Å². The van der Waals surface area contributed by atoms with E-state index >= 15 is 0 Å². The van der Waals surface area contributed by atoms with Crippen molar-refractivity contribution in [3.05, 3.63) is 95.3 Å². The lowest BCUT2D eigenvalue weighted by atomic mass is 10.1. The van der Waals surface area contributed by atoms with Gasteiger partial charge in [0, 0.05) is 18.6 Å². The van der Waals surface area contributed by atoms with Crippen LogP contribution in [0.4, 0.5) is 10.1 Å². The van der Waals surface area contributed by atoms with Crippen LogP contribution in [0.3, 0.4) is 0 Å². The van der Waals surface area contributed by atoms with Gasteiger partial charge in [-0.3, -0.25) is 13.9 Å². The van der Waals surface area contributed by atoms with Gasteiger partial charge < -0.3 is 10.2 Å². The van der Waals surface area contributed by atoms with Crippen molar-refractivity contribution in [2.45, 2.75) is 30.8 Å². The number of nitrogens with one attached hydrogen (secondary N) is 1. The van der Waals surface area contributed by atoms with E-state index in [0.29, 0.717) is 10.6 Å². The fraction of sp³-hybridized carbons (Fsp3) is 0.231. The Balaban J connectivity index is 2.08. The SMILES string of the molecule is CC[C@H](C(=O)NC)N(Cc1ccccc1Cl)C(=O)CN(c1ccccc1F)S(=O)(=O)c1ccccc1. The normalized spacial score (nSPS) is 12.0. The van der Waals surface area contributed by atoms with E-state index in [1.807, 2.05) is 0 Å². The van der Waals surface area contributed by atoms with Crippen LogP contribution in [0.2, 0.25) is 5.02 Å². The Kier molecular flexibility index (Phi) is 9.06. The van der Waals surface area contributed by atoms with Gasteiger partial charge in [-0.1, -0.05) is 67.1 Å². The van der Waals surface area contributed by atoms with Crippen LogP contribution in [0.25, 0.3) is 0 Å². The molecule has 0 aromatic heterocycles. The Hall–Kier alpha value is -3.43. The molecule has 0 bridgehead atoms. The van der Waals surface area contributed by atoms with E-state index in [2.05, 4.69) is 5.32 Å². The molecule has 36 heavy (non-hydrogen) atoms. The molecule has 0 radical (unpaired) electrons. The molecule has 0 aliphatic rings. The number of anilines is 1. The molecule has 0 fully saturated rings. The van der Waals surface area contributed by atoms with Crippen molar-refractivity contribution in [2.75, 3.05) is 17.9 Å². The van der Waals surface area contributed by atoms with Crippen LogP contribution in [0.5, 0.6) is 0 Å². The fourth-order valence-corrected chi connectivity index (χ4v) is 5.42. The van der Waals surface area contributed by atoms with Crippen LogP contribution in [0.1, 0.15) is 18.9 Å². The Morgan fingerprint density at radius 1 is 0.972 bits per heavy atom. The number of carbonyl (C=O) groups is 2. The number of nitrogens with zero attached hydrogens (tertiary/aromatic N) is 2. The van der Waals surface area contributed by atoms with E-state index in [0.717, 1.165) is 10.4 Å². The summed E-state index contributed by atoms with van der Waals surface area (Å²) in [4.78, 5) is 27.6. The topological polar surface area (TPSA) is 86.8 Å². The third-order valence-electron chi connectivity index (χ3n) is 5.66. The summed E-state index contributed by atoms with van der Waals surface area (Å²) >= 11 is 6.31. The summed E-state index contributed by atoms with van der Waals surface area (Å²) in [7, 11) is -2.87. The van der Waals surface area contributed by atoms with Gasteiger partial charge in [-0.2, -0.15) is 0 Å². The second kappa shape index (κ2) is 12.0. The van der Waals surface area contributed by atoms with Crippen molar-refractivity contribution in [3.8, 4) is 0 Å². The number of para-hydroxylation sites is 1. The number of hydrogen-bond acceptors (Lipinski definition) is 4. The Labute approximate surface area is 215 Å². The number of rotatable bonds is 10. The van der Waals surface area contributed by atoms with Crippen LogP contribution in [-0.4, -0.2) is 44.8 Å². The Morgan fingerprint density at radius 2 is 1.58 bits per heavy atom. The van der Waals surface area contributed by atoms with Gasteiger partial charge in [0.1, 0.15) is 18.4 Å².